The molecule has 0 aliphatic rings. The standard InChI is InChI=1S/C26H31ClFN3O6S3/c1-16(30-38(33)26(2,3)4)20-13-25(32)31(5)15-22(20)21-12-17(10-11-29-39(34)35)23(27)14-24(21)40(36,37)19-8-6-18(28)7-9-19/h6-9,12-16,29-30H,10-11H2,1-5H3,(H,34,35)/p-1. The van der Waals surface area contributed by atoms with Crippen LogP contribution in [0.5, 0.6) is 0 Å². The largest absolute Gasteiger partial charge is 0.760 e. The molecule has 3 aromatic rings. The predicted octanol–water partition coefficient (Wildman–Crippen LogP) is 3.72. The van der Waals surface area contributed by atoms with Crippen molar-refractivity contribution in [1.29, 1.82) is 0 Å². The van der Waals surface area contributed by atoms with Gasteiger partial charge in [-0.25, -0.2) is 17.5 Å². The molecule has 3 unspecified atom stereocenters. The zero-order valence-corrected chi connectivity index (χ0v) is 25.7. The second kappa shape index (κ2) is 12.8. The Balaban J connectivity index is 2.31. The lowest BCUT2D eigenvalue weighted by Crippen LogP contribution is -2.41. The molecule has 1 heterocycles. The highest BCUT2D eigenvalue weighted by Gasteiger charge is 2.31. The monoisotopic (exact) mass is 630 g/mol. The fraction of sp³-hybridized carbons (Fsp3) is 0.346. The van der Waals surface area contributed by atoms with Crippen molar-refractivity contribution in [3.05, 3.63) is 81.0 Å². The van der Waals surface area contributed by atoms with Crippen LogP contribution in [0.25, 0.3) is 11.1 Å². The highest BCUT2D eigenvalue weighted by Crippen LogP contribution is 2.38. The van der Waals surface area contributed by atoms with Gasteiger partial charge in [-0.2, -0.15) is 0 Å². The van der Waals surface area contributed by atoms with Crippen molar-refractivity contribution < 1.29 is 26.1 Å². The van der Waals surface area contributed by atoms with E-state index in [1.165, 1.54) is 36.0 Å². The number of aryl methyl sites for hydroxylation is 1. The fourth-order valence-electron chi connectivity index (χ4n) is 3.86. The molecule has 2 aromatic carbocycles. The van der Waals surface area contributed by atoms with Crippen LogP contribution in [0.1, 0.15) is 44.9 Å². The molecule has 0 aliphatic heterocycles. The minimum atomic E-state index is -4.25. The zero-order chi connectivity index (χ0) is 30.0. The first-order chi connectivity index (χ1) is 18.5. The number of nitrogens with zero attached hydrogens (tertiary/aromatic N) is 1. The summed E-state index contributed by atoms with van der Waals surface area (Å²) in [6, 6.07) is 7.84. The van der Waals surface area contributed by atoms with Crippen LogP contribution < -0.4 is 15.0 Å². The van der Waals surface area contributed by atoms with E-state index in [0.29, 0.717) is 16.7 Å². The van der Waals surface area contributed by atoms with Gasteiger partial charge in [-0.15, -0.1) is 4.72 Å². The van der Waals surface area contributed by atoms with E-state index in [4.69, 9.17) is 11.6 Å². The Morgan fingerprint density at radius 2 is 1.77 bits per heavy atom. The van der Waals surface area contributed by atoms with Gasteiger partial charge < -0.3 is 13.7 Å². The van der Waals surface area contributed by atoms with E-state index >= 15 is 0 Å². The van der Waals surface area contributed by atoms with E-state index < -0.39 is 49.1 Å². The number of nitrogens with one attached hydrogen (secondary N) is 2. The number of hydrogen-bond acceptors (Lipinski definition) is 7. The van der Waals surface area contributed by atoms with Crippen molar-refractivity contribution in [2.75, 3.05) is 6.54 Å². The minimum Gasteiger partial charge on any atom is -0.760 e. The normalized spacial score (nSPS) is 14.6. The van der Waals surface area contributed by atoms with Gasteiger partial charge in [-0.05, 0) is 81.6 Å². The van der Waals surface area contributed by atoms with Crippen LogP contribution >= 0.6 is 11.6 Å². The second-order valence-electron chi connectivity index (χ2n) is 10.1. The molecule has 40 heavy (non-hydrogen) atoms. The molecule has 3 atom stereocenters. The Kier molecular flexibility index (Phi) is 10.4. The number of sulfone groups is 1. The van der Waals surface area contributed by atoms with Crippen molar-refractivity contribution in [2.45, 2.75) is 54.7 Å². The van der Waals surface area contributed by atoms with Crippen molar-refractivity contribution in [3.8, 4) is 11.1 Å². The maximum absolute atomic E-state index is 13.8. The second-order valence-corrected chi connectivity index (χ2v) is 15.2. The molecule has 14 heteroatoms. The Hall–Kier alpha value is -2.10. The number of benzene rings is 2. The fourth-order valence-corrected chi connectivity index (χ4v) is 6.74. The molecular weight excluding hydrogens is 601 g/mol. The minimum absolute atomic E-state index is 0.00197. The van der Waals surface area contributed by atoms with Gasteiger partial charge in [0.1, 0.15) is 10.6 Å². The van der Waals surface area contributed by atoms with Crippen LogP contribution in [0.3, 0.4) is 0 Å². The summed E-state index contributed by atoms with van der Waals surface area (Å²) in [6.45, 7) is 7.07. The highest BCUT2D eigenvalue weighted by molar-refractivity contribution is 7.91. The molecule has 0 fully saturated rings. The maximum atomic E-state index is 13.8. The summed E-state index contributed by atoms with van der Waals surface area (Å²) in [5.74, 6) is -0.608. The Morgan fingerprint density at radius 3 is 2.35 bits per heavy atom. The topological polar surface area (TPSA) is 143 Å². The number of hydrogen-bond donors (Lipinski definition) is 2. The molecule has 1 aromatic heterocycles. The third kappa shape index (κ3) is 7.59. The van der Waals surface area contributed by atoms with Gasteiger partial charge in [0.05, 0.1) is 15.8 Å². The molecule has 0 saturated heterocycles. The third-order valence-electron chi connectivity index (χ3n) is 6.03. The molecule has 0 amide bonds. The van der Waals surface area contributed by atoms with Crippen LogP contribution in [0.4, 0.5) is 4.39 Å². The smallest absolute Gasteiger partial charge is 0.250 e. The summed E-state index contributed by atoms with van der Waals surface area (Å²) in [6.07, 6.45) is 1.62. The molecular formula is C26H30ClFN3O6S3-. The lowest BCUT2D eigenvalue weighted by Gasteiger charge is -2.28. The summed E-state index contributed by atoms with van der Waals surface area (Å²) in [5, 5.41) is 0.0781. The third-order valence-corrected chi connectivity index (χ3v) is 10.3. The van der Waals surface area contributed by atoms with Gasteiger partial charge in [0.2, 0.25) is 9.84 Å². The number of rotatable bonds is 10. The molecule has 218 valence electrons. The first-order valence-corrected chi connectivity index (χ1v) is 16.2. The van der Waals surface area contributed by atoms with Crippen LogP contribution in [-0.4, -0.2) is 37.6 Å². The Morgan fingerprint density at radius 1 is 1.15 bits per heavy atom. The van der Waals surface area contributed by atoms with E-state index in [1.54, 1.807) is 27.7 Å². The van der Waals surface area contributed by atoms with Crippen molar-refractivity contribution in [2.24, 2.45) is 7.05 Å². The zero-order valence-electron chi connectivity index (χ0n) is 22.5. The van der Waals surface area contributed by atoms with Crippen LogP contribution in [-0.2, 0) is 45.9 Å². The number of aromatic nitrogens is 1. The molecule has 0 radical (unpaired) electrons. The molecule has 0 bridgehead atoms. The van der Waals surface area contributed by atoms with E-state index in [9.17, 15) is 30.9 Å². The lowest BCUT2D eigenvalue weighted by atomic mass is 9.95. The van der Waals surface area contributed by atoms with Crippen LogP contribution in [0.15, 0.2) is 63.2 Å². The predicted molar refractivity (Wildman–Crippen MR) is 154 cm³/mol. The van der Waals surface area contributed by atoms with Gasteiger partial charge in [0.15, 0.2) is 0 Å². The quantitative estimate of drug-likeness (QED) is 0.197. The van der Waals surface area contributed by atoms with E-state index in [2.05, 4.69) is 9.44 Å². The molecule has 3 rings (SSSR count). The SMILES string of the molecule is CC(N[S+]([O-])C(C)(C)C)c1cc(=O)n(C)cc1-c1cc(CCNS(=O)[O-])c(Cl)cc1S(=O)(=O)c1ccc(F)cc1. The summed E-state index contributed by atoms with van der Waals surface area (Å²) < 4.78 is 82.0. The average Bonchev–Trinajstić information content (AvgIpc) is 2.85. The first-order valence-electron chi connectivity index (χ1n) is 12.1. The summed E-state index contributed by atoms with van der Waals surface area (Å²) in [7, 11) is -2.74. The number of halogens is 2. The maximum Gasteiger partial charge on any atom is 0.250 e. The molecule has 2 N–H and O–H groups in total. The van der Waals surface area contributed by atoms with Gasteiger partial charge >= 0.3 is 0 Å². The van der Waals surface area contributed by atoms with Crippen LogP contribution in [0.2, 0.25) is 5.02 Å². The van der Waals surface area contributed by atoms with Gasteiger partial charge in [0, 0.05) is 64.6 Å². The molecule has 9 nitrogen and oxygen atoms in total. The number of pyridine rings is 1. The summed E-state index contributed by atoms with van der Waals surface area (Å²) >= 11 is 2.46. The van der Waals surface area contributed by atoms with Gasteiger partial charge in [0.25, 0.3) is 5.56 Å². The van der Waals surface area contributed by atoms with Crippen LogP contribution in [0, 0.1) is 5.82 Å². The van der Waals surface area contributed by atoms with E-state index in [0.717, 1.165) is 24.3 Å². The Labute approximate surface area is 243 Å². The molecule has 0 aliphatic carbocycles. The molecule has 0 spiro atoms. The first kappa shape index (κ1) is 32.4. The van der Waals surface area contributed by atoms with Crippen molar-refractivity contribution >= 4 is 44.1 Å². The highest BCUT2D eigenvalue weighted by atomic mass is 35.5. The van der Waals surface area contributed by atoms with Gasteiger partial charge in [-0.1, -0.05) is 11.6 Å². The summed E-state index contributed by atoms with van der Waals surface area (Å²) in [4.78, 5) is 12.3. The molecule has 0 saturated carbocycles. The average molecular weight is 631 g/mol. The van der Waals surface area contributed by atoms with Gasteiger partial charge in [-0.3, -0.25) is 9.00 Å². The van der Waals surface area contributed by atoms with E-state index in [1.807, 2.05) is 0 Å². The Bertz CT molecular complexity index is 1570. The van der Waals surface area contributed by atoms with Crippen molar-refractivity contribution in [3.63, 3.8) is 0 Å². The van der Waals surface area contributed by atoms with Crippen molar-refractivity contribution in [1.82, 2.24) is 14.0 Å². The lowest BCUT2D eigenvalue weighted by molar-refractivity contribution is 0.523. The van der Waals surface area contributed by atoms with E-state index in [-0.39, 0.29) is 38.9 Å². The summed E-state index contributed by atoms with van der Waals surface area (Å²) in [5.41, 5.74) is 1.02.